The third-order valence-corrected chi connectivity index (χ3v) is 6.13. The zero-order chi connectivity index (χ0) is 27.2. The van der Waals surface area contributed by atoms with Gasteiger partial charge >= 0.3 is 11.9 Å². The number of carbonyl (C=O) groups is 2. The summed E-state index contributed by atoms with van der Waals surface area (Å²) < 4.78 is 6.20. The van der Waals surface area contributed by atoms with Gasteiger partial charge in [0.15, 0.2) is 0 Å². The van der Waals surface area contributed by atoms with Crippen LogP contribution in [0.5, 0.6) is 5.75 Å². The van der Waals surface area contributed by atoms with E-state index in [9.17, 15) is 14.7 Å². The Labute approximate surface area is 215 Å². The largest absolute Gasteiger partial charge is 0.485 e. The molecule has 0 aliphatic carbocycles. The van der Waals surface area contributed by atoms with E-state index in [1.807, 2.05) is 50.2 Å². The van der Waals surface area contributed by atoms with Crippen molar-refractivity contribution in [1.29, 1.82) is 0 Å². The number of nitrogens with zero attached hydrogens (tertiary/aromatic N) is 1. The van der Waals surface area contributed by atoms with E-state index in [4.69, 9.17) is 25.7 Å². The van der Waals surface area contributed by atoms with Crippen molar-refractivity contribution in [3.63, 3.8) is 0 Å². The van der Waals surface area contributed by atoms with Gasteiger partial charge in [-0.15, -0.1) is 0 Å². The molecule has 0 amide bonds. The molecule has 0 unspecified atom stereocenters. The predicted octanol–water partition coefficient (Wildman–Crippen LogP) is 3.12. The molecule has 1 aliphatic rings. The fourth-order valence-corrected chi connectivity index (χ4v) is 4.24. The van der Waals surface area contributed by atoms with Crippen molar-refractivity contribution in [2.75, 3.05) is 6.54 Å². The fourth-order valence-electron chi connectivity index (χ4n) is 4.24. The maximum atomic E-state index is 11.0. The summed E-state index contributed by atoms with van der Waals surface area (Å²) in [7, 11) is 0. The van der Waals surface area contributed by atoms with Crippen molar-refractivity contribution in [1.82, 2.24) is 10.3 Å². The molecule has 2 heterocycles. The van der Waals surface area contributed by atoms with Gasteiger partial charge in [0.05, 0.1) is 17.3 Å². The highest BCUT2D eigenvalue weighted by molar-refractivity contribution is 5.89. The fraction of sp³-hybridized carbons (Fsp3) is 0.321. The van der Waals surface area contributed by atoms with Gasteiger partial charge in [0, 0.05) is 29.6 Å². The molecule has 0 saturated heterocycles. The van der Waals surface area contributed by atoms with Crippen molar-refractivity contribution in [3.05, 3.63) is 83.1 Å². The third kappa shape index (κ3) is 7.13. The van der Waals surface area contributed by atoms with E-state index < -0.39 is 23.6 Å². The molecule has 0 bridgehead atoms. The number of aliphatic hydroxyl groups excluding tert-OH is 1. The summed E-state index contributed by atoms with van der Waals surface area (Å²) in [6.45, 7) is 7.08. The van der Waals surface area contributed by atoms with Gasteiger partial charge in [0.2, 0.25) is 0 Å². The second kappa shape index (κ2) is 12.0. The molecular formula is C28H33N3O6. The number of hydrogen-bond donors (Lipinski definition) is 5. The van der Waals surface area contributed by atoms with Crippen molar-refractivity contribution in [2.24, 2.45) is 5.73 Å². The number of pyridine rings is 1. The summed E-state index contributed by atoms with van der Waals surface area (Å²) in [5, 5.41) is 31.3. The summed E-state index contributed by atoms with van der Waals surface area (Å²) in [5.74, 6) is -1.71. The maximum Gasteiger partial charge on any atom is 0.328 e. The molecule has 0 spiro atoms. The molecule has 1 aliphatic heterocycles. The number of aliphatic carboxylic acids is 2. The average molecular weight is 508 g/mol. The molecule has 9 heteroatoms. The molecule has 196 valence electrons. The molecule has 0 saturated carbocycles. The standard InChI is InChI=1S/C24H29N3O2.C4H4O4/c1-15-11-17(14-25)27-20-12-19-21(13-18(15)20)29-24(2,3)23(28)22(19)26-10-9-16-7-5-4-6-8-16;5-3(6)1-2-4(7)8/h4-8,11-13,22-23,26,28H,9-10,14,25H2,1-3H3;1-2H,(H,5,6)(H,7,8)/t22-,23+;/m0./s1. The molecule has 2 aromatic carbocycles. The van der Waals surface area contributed by atoms with E-state index in [1.165, 1.54) is 5.56 Å². The topological polar surface area (TPSA) is 155 Å². The second-order valence-corrected chi connectivity index (χ2v) is 9.37. The predicted molar refractivity (Wildman–Crippen MR) is 140 cm³/mol. The summed E-state index contributed by atoms with van der Waals surface area (Å²) >= 11 is 0. The molecule has 2 atom stereocenters. The van der Waals surface area contributed by atoms with Crippen LogP contribution in [-0.2, 0) is 22.6 Å². The van der Waals surface area contributed by atoms with Crippen LogP contribution in [-0.4, -0.2) is 50.5 Å². The zero-order valence-corrected chi connectivity index (χ0v) is 21.1. The van der Waals surface area contributed by atoms with Gasteiger partial charge in [-0.1, -0.05) is 30.3 Å². The number of nitrogens with two attached hydrogens (primary N) is 1. The first-order chi connectivity index (χ1) is 17.5. The number of carboxylic acid groups (broad SMARTS) is 2. The van der Waals surface area contributed by atoms with Crippen molar-refractivity contribution < 1.29 is 29.6 Å². The number of aromatic nitrogens is 1. The lowest BCUT2D eigenvalue weighted by molar-refractivity contribution is -0.134. The molecule has 4 rings (SSSR count). The second-order valence-electron chi connectivity index (χ2n) is 9.37. The Kier molecular flexibility index (Phi) is 8.99. The Morgan fingerprint density at radius 1 is 1.11 bits per heavy atom. The molecule has 3 aromatic rings. The van der Waals surface area contributed by atoms with Crippen LogP contribution in [0, 0.1) is 6.92 Å². The Morgan fingerprint density at radius 2 is 1.76 bits per heavy atom. The maximum absolute atomic E-state index is 11.0. The first-order valence-corrected chi connectivity index (χ1v) is 11.9. The van der Waals surface area contributed by atoms with Crippen LogP contribution in [0.25, 0.3) is 10.9 Å². The summed E-state index contributed by atoms with van der Waals surface area (Å²) in [6.07, 6.45) is 1.33. The number of carboxylic acids is 2. The summed E-state index contributed by atoms with van der Waals surface area (Å²) in [5.41, 5.74) is 10.2. The number of aliphatic hydroxyl groups is 1. The first-order valence-electron chi connectivity index (χ1n) is 11.9. The van der Waals surface area contributed by atoms with Crippen LogP contribution in [0.3, 0.4) is 0 Å². The minimum atomic E-state index is -1.26. The lowest BCUT2D eigenvalue weighted by atomic mass is 9.85. The van der Waals surface area contributed by atoms with Crippen molar-refractivity contribution in [3.8, 4) is 5.75 Å². The SMILES string of the molecule is Cc1cc(CN)nc2cc3c(cc12)OC(C)(C)[C@H](O)[C@H]3NCCc1ccccc1.O=C(O)C=CC(=O)O. The highest BCUT2D eigenvalue weighted by atomic mass is 16.5. The summed E-state index contributed by atoms with van der Waals surface area (Å²) in [4.78, 5) is 23.8. The van der Waals surface area contributed by atoms with Crippen LogP contribution in [0.2, 0.25) is 0 Å². The van der Waals surface area contributed by atoms with E-state index in [2.05, 4.69) is 24.4 Å². The quantitative estimate of drug-likeness (QED) is 0.303. The zero-order valence-electron chi connectivity index (χ0n) is 21.1. The molecule has 0 radical (unpaired) electrons. The van der Waals surface area contributed by atoms with E-state index in [1.54, 1.807) is 0 Å². The lowest BCUT2D eigenvalue weighted by Gasteiger charge is -2.42. The van der Waals surface area contributed by atoms with Gasteiger partial charge in [-0.25, -0.2) is 9.59 Å². The number of aryl methyl sites for hydroxylation is 1. The van der Waals surface area contributed by atoms with Crippen LogP contribution in [0.4, 0.5) is 0 Å². The molecular weight excluding hydrogens is 474 g/mol. The van der Waals surface area contributed by atoms with E-state index in [-0.39, 0.29) is 6.04 Å². The highest BCUT2D eigenvalue weighted by Crippen LogP contribution is 2.42. The van der Waals surface area contributed by atoms with Gasteiger partial charge in [0.1, 0.15) is 17.5 Å². The summed E-state index contributed by atoms with van der Waals surface area (Å²) in [6, 6.07) is 16.2. The first kappa shape index (κ1) is 27.8. The minimum absolute atomic E-state index is 0.231. The van der Waals surface area contributed by atoms with Crippen molar-refractivity contribution in [2.45, 2.75) is 51.5 Å². The van der Waals surface area contributed by atoms with E-state index in [0.29, 0.717) is 18.7 Å². The van der Waals surface area contributed by atoms with Crippen LogP contribution < -0.4 is 15.8 Å². The molecule has 0 fully saturated rings. The van der Waals surface area contributed by atoms with Crippen molar-refractivity contribution >= 4 is 22.8 Å². The van der Waals surface area contributed by atoms with Crippen LogP contribution in [0.15, 0.2) is 60.7 Å². The number of fused-ring (bicyclic) bond motifs is 2. The van der Waals surface area contributed by atoms with E-state index in [0.717, 1.165) is 46.4 Å². The Bertz CT molecular complexity index is 1270. The smallest absolute Gasteiger partial charge is 0.328 e. The Hall–Kier alpha value is -3.79. The molecule has 37 heavy (non-hydrogen) atoms. The molecule has 1 aromatic heterocycles. The number of ether oxygens (including phenoxy) is 1. The van der Waals surface area contributed by atoms with E-state index >= 15 is 0 Å². The molecule has 6 N–H and O–H groups in total. The van der Waals surface area contributed by atoms with Gasteiger partial charge < -0.3 is 31.1 Å². The van der Waals surface area contributed by atoms with Crippen LogP contribution in [0.1, 0.15) is 42.3 Å². The van der Waals surface area contributed by atoms with Gasteiger partial charge in [-0.3, -0.25) is 4.98 Å². The normalized spacial score (nSPS) is 18.0. The number of nitrogens with one attached hydrogen (secondary N) is 1. The van der Waals surface area contributed by atoms with Gasteiger partial charge in [-0.05, 0) is 63.1 Å². The lowest BCUT2D eigenvalue weighted by Crippen LogP contribution is -2.52. The monoisotopic (exact) mass is 507 g/mol. The Morgan fingerprint density at radius 3 is 2.35 bits per heavy atom. The number of benzene rings is 2. The minimum Gasteiger partial charge on any atom is -0.485 e. The number of hydrogen-bond acceptors (Lipinski definition) is 7. The number of rotatable bonds is 7. The van der Waals surface area contributed by atoms with Gasteiger partial charge in [0.25, 0.3) is 0 Å². The Balaban J connectivity index is 0.000000414. The third-order valence-electron chi connectivity index (χ3n) is 6.13. The molecule has 9 nitrogen and oxygen atoms in total. The average Bonchev–Trinajstić information content (AvgIpc) is 2.85. The van der Waals surface area contributed by atoms with Gasteiger partial charge in [-0.2, -0.15) is 0 Å². The van der Waals surface area contributed by atoms with Crippen LogP contribution >= 0.6 is 0 Å². The highest BCUT2D eigenvalue weighted by Gasteiger charge is 2.42.